The van der Waals surface area contributed by atoms with Crippen molar-refractivity contribution in [3.8, 4) is 17.2 Å². The maximum Gasteiger partial charge on any atom is 0.326 e. The number of carbonyl (C=O) groups is 2. The van der Waals surface area contributed by atoms with Gasteiger partial charge in [0.15, 0.2) is 0 Å². The van der Waals surface area contributed by atoms with Crippen LogP contribution in [-0.2, 0) is 11.2 Å². The third kappa shape index (κ3) is 4.63. The zero-order chi connectivity index (χ0) is 19.9. The highest BCUT2D eigenvalue weighted by Gasteiger charge is 2.21. The zero-order valence-electron chi connectivity index (χ0n) is 15.0. The Morgan fingerprint density at radius 2 is 1.61 bits per heavy atom. The average molecular weight is 370 g/mol. The molecule has 28 heavy (non-hydrogen) atoms. The Morgan fingerprint density at radius 1 is 0.929 bits per heavy atom. The van der Waals surface area contributed by atoms with E-state index in [1.54, 1.807) is 36.4 Å². The molecule has 0 aliphatic heterocycles. The molecule has 0 heterocycles. The van der Waals surface area contributed by atoms with E-state index in [0.717, 1.165) is 11.1 Å². The van der Waals surface area contributed by atoms with Gasteiger partial charge in [-0.25, -0.2) is 4.79 Å². The number of hydrogen-bond acceptors (Lipinski definition) is 3. The largest absolute Gasteiger partial charge is 0.480 e. The second kappa shape index (κ2) is 8.65. The molecule has 3 rings (SSSR count). The number of nitriles is 1. The number of carboxylic acid groups (broad SMARTS) is 1. The van der Waals surface area contributed by atoms with E-state index in [2.05, 4.69) is 5.32 Å². The number of amides is 1. The molecule has 0 spiro atoms. The van der Waals surface area contributed by atoms with Gasteiger partial charge in [0, 0.05) is 12.0 Å². The minimum absolute atomic E-state index is 0.0959. The van der Waals surface area contributed by atoms with Crippen LogP contribution in [0.15, 0.2) is 78.9 Å². The summed E-state index contributed by atoms with van der Waals surface area (Å²) in [5.41, 5.74) is 3.52. The van der Waals surface area contributed by atoms with Gasteiger partial charge in [0.25, 0.3) is 5.91 Å². The summed E-state index contributed by atoms with van der Waals surface area (Å²) in [5, 5.41) is 21.0. The van der Waals surface area contributed by atoms with E-state index in [1.807, 2.05) is 48.5 Å². The Balaban J connectivity index is 1.72. The maximum absolute atomic E-state index is 12.5. The number of nitrogens with one attached hydrogen (secondary N) is 1. The first-order valence-electron chi connectivity index (χ1n) is 8.75. The molecule has 3 aromatic rings. The van der Waals surface area contributed by atoms with Crippen molar-refractivity contribution in [3.05, 3.63) is 95.6 Å². The van der Waals surface area contributed by atoms with Gasteiger partial charge in [-0.05, 0) is 41.0 Å². The number of benzene rings is 3. The van der Waals surface area contributed by atoms with Gasteiger partial charge in [-0.15, -0.1) is 0 Å². The Morgan fingerprint density at radius 3 is 2.25 bits per heavy atom. The van der Waals surface area contributed by atoms with Crippen molar-refractivity contribution in [2.75, 3.05) is 0 Å². The molecule has 0 saturated carbocycles. The predicted molar refractivity (Wildman–Crippen MR) is 106 cm³/mol. The van der Waals surface area contributed by atoms with Crippen LogP contribution < -0.4 is 5.32 Å². The quantitative estimate of drug-likeness (QED) is 0.693. The minimum atomic E-state index is -1.13. The highest BCUT2D eigenvalue weighted by atomic mass is 16.4. The van der Waals surface area contributed by atoms with Gasteiger partial charge in [0.1, 0.15) is 6.04 Å². The van der Waals surface area contributed by atoms with Crippen LogP contribution in [0.25, 0.3) is 11.1 Å². The van der Waals surface area contributed by atoms with Crippen LogP contribution in [0.5, 0.6) is 0 Å². The summed E-state index contributed by atoms with van der Waals surface area (Å²) in [6.07, 6.45) is 0.0959. The van der Waals surface area contributed by atoms with Crippen molar-refractivity contribution in [2.24, 2.45) is 0 Å². The summed E-state index contributed by atoms with van der Waals surface area (Å²) in [7, 11) is 0. The molecule has 0 bridgehead atoms. The molecule has 0 aliphatic rings. The van der Waals surface area contributed by atoms with Crippen LogP contribution in [-0.4, -0.2) is 23.0 Å². The van der Waals surface area contributed by atoms with Crippen LogP contribution in [0.1, 0.15) is 21.5 Å². The molecule has 5 nitrogen and oxygen atoms in total. The zero-order valence-corrected chi connectivity index (χ0v) is 15.0. The molecule has 5 heteroatoms. The first-order chi connectivity index (χ1) is 13.6. The van der Waals surface area contributed by atoms with Crippen molar-refractivity contribution >= 4 is 11.9 Å². The standard InChI is InChI=1S/C23H18N2O3/c24-15-17-6-4-5-16(13-17)14-21(23(27)28)25-22(26)20-11-9-19(10-12-20)18-7-2-1-3-8-18/h1-13,21H,14H2,(H,25,26)(H,27,28)/t21-/m1/s1. The summed E-state index contributed by atoms with van der Waals surface area (Å²) in [6, 6.07) is 24.4. The maximum atomic E-state index is 12.5. The molecule has 0 fully saturated rings. The number of rotatable bonds is 6. The molecule has 3 aromatic carbocycles. The molecule has 1 atom stereocenters. The minimum Gasteiger partial charge on any atom is -0.480 e. The van der Waals surface area contributed by atoms with E-state index in [-0.39, 0.29) is 6.42 Å². The fourth-order valence-corrected chi connectivity index (χ4v) is 2.89. The Kier molecular flexibility index (Phi) is 5.83. The molecule has 1 amide bonds. The molecule has 0 unspecified atom stereocenters. The van der Waals surface area contributed by atoms with Gasteiger partial charge in [0.05, 0.1) is 11.6 Å². The van der Waals surface area contributed by atoms with Gasteiger partial charge in [0.2, 0.25) is 0 Å². The van der Waals surface area contributed by atoms with Gasteiger partial charge in [-0.2, -0.15) is 5.26 Å². The monoisotopic (exact) mass is 370 g/mol. The van der Waals surface area contributed by atoms with Crippen LogP contribution >= 0.6 is 0 Å². The van der Waals surface area contributed by atoms with E-state index in [0.29, 0.717) is 16.7 Å². The van der Waals surface area contributed by atoms with E-state index < -0.39 is 17.9 Å². The van der Waals surface area contributed by atoms with E-state index in [1.165, 1.54) is 0 Å². The van der Waals surface area contributed by atoms with Crippen LogP contribution in [0, 0.1) is 11.3 Å². The SMILES string of the molecule is N#Cc1cccc(C[C@@H](NC(=O)c2ccc(-c3ccccc3)cc2)C(=O)O)c1. The van der Waals surface area contributed by atoms with Crippen LogP contribution in [0.3, 0.4) is 0 Å². The first kappa shape index (κ1) is 18.9. The third-order valence-electron chi connectivity index (χ3n) is 4.35. The highest BCUT2D eigenvalue weighted by molar-refractivity contribution is 5.97. The van der Waals surface area contributed by atoms with Gasteiger partial charge in [-0.1, -0.05) is 54.6 Å². The molecule has 0 saturated heterocycles. The Hall–Kier alpha value is -3.91. The highest BCUT2D eigenvalue weighted by Crippen LogP contribution is 2.19. The Bertz CT molecular complexity index is 1020. The average Bonchev–Trinajstić information content (AvgIpc) is 2.74. The first-order valence-corrected chi connectivity index (χ1v) is 8.75. The lowest BCUT2D eigenvalue weighted by Gasteiger charge is -2.15. The molecule has 0 aliphatic carbocycles. The lowest BCUT2D eigenvalue weighted by molar-refractivity contribution is -0.139. The van der Waals surface area contributed by atoms with Crippen molar-refractivity contribution in [1.82, 2.24) is 5.32 Å². The molecule has 2 N–H and O–H groups in total. The van der Waals surface area contributed by atoms with E-state index in [4.69, 9.17) is 5.26 Å². The number of carbonyl (C=O) groups excluding carboxylic acids is 1. The number of hydrogen-bond donors (Lipinski definition) is 2. The van der Waals surface area contributed by atoms with Crippen molar-refractivity contribution < 1.29 is 14.7 Å². The molecule has 0 radical (unpaired) electrons. The van der Waals surface area contributed by atoms with Crippen molar-refractivity contribution in [2.45, 2.75) is 12.5 Å². The molecule has 0 aromatic heterocycles. The van der Waals surface area contributed by atoms with Gasteiger partial charge < -0.3 is 10.4 Å². The van der Waals surface area contributed by atoms with Crippen LogP contribution in [0.4, 0.5) is 0 Å². The number of aliphatic carboxylic acids is 1. The number of nitrogens with zero attached hydrogens (tertiary/aromatic N) is 1. The van der Waals surface area contributed by atoms with E-state index >= 15 is 0 Å². The summed E-state index contributed by atoms with van der Waals surface area (Å²) < 4.78 is 0. The van der Waals surface area contributed by atoms with Crippen LogP contribution in [0.2, 0.25) is 0 Å². The topological polar surface area (TPSA) is 90.2 Å². The molecule has 138 valence electrons. The lowest BCUT2D eigenvalue weighted by atomic mass is 10.0. The summed E-state index contributed by atoms with van der Waals surface area (Å²) in [4.78, 5) is 24.1. The second-order valence-electron chi connectivity index (χ2n) is 6.32. The smallest absolute Gasteiger partial charge is 0.326 e. The molecular weight excluding hydrogens is 352 g/mol. The van der Waals surface area contributed by atoms with Gasteiger partial charge >= 0.3 is 5.97 Å². The number of carboxylic acids is 1. The fourth-order valence-electron chi connectivity index (χ4n) is 2.89. The molecular formula is C23H18N2O3. The predicted octanol–water partition coefficient (Wildman–Crippen LogP) is 3.65. The van der Waals surface area contributed by atoms with Crippen molar-refractivity contribution in [1.29, 1.82) is 5.26 Å². The fraction of sp³-hybridized carbons (Fsp3) is 0.0870. The lowest BCUT2D eigenvalue weighted by Crippen LogP contribution is -2.42. The van der Waals surface area contributed by atoms with Crippen molar-refractivity contribution in [3.63, 3.8) is 0 Å². The van der Waals surface area contributed by atoms with E-state index in [9.17, 15) is 14.7 Å². The summed E-state index contributed by atoms with van der Waals surface area (Å²) in [5.74, 6) is -1.58. The summed E-state index contributed by atoms with van der Waals surface area (Å²) in [6.45, 7) is 0. The third-order valence-corrected chi connectivity index (χ3v) is 4.35. The summed E-state index contributed by atoms with van der Waals surface area (Å²) >= 11 is 0. The second-order valence-corrected chi connectivity index (χ2v) is 6.32. The van der Waals surface area contributed by atoms with Gasteiger partial charge in [-0.3, -0.25) is 4.79 Å². The normalized spacial score (nSPS) is 11.2. The Labute approximate surface area is 162 Å².